The van der Waals surface area contributed by atoms with E-state index in [4.69, 9.17) is 10.5 Å². The highest BCUT2D eigenvalue weighted by Crippen LogP contribution is 2.05. The molecule has 17 heavy (non-hydrogen) atoms. The Bertz CT molecular complexity index is 368. The van der Waals surface area contributed by atoms with E-state index in [1.807, 2.05) is 51.1 Å². The van der Waals surface area contributed by atoms with Crippen molar-refractivity contribution in [1.82, 2.24) is 10.2 Å². The molecule has 0 radical (unpaired) electrons. The number of aromatic nitrogens is 2. The first-order valence-electron chi connectivity index (χ1n) is 5.58. The first-order valence-corrected chi connectivity index (χ1v) is 5.58. The zero-order chi connectivity index (χ0) is 13.1. The molecule has 0 saturated heterocycles. The minimum absolute atomic E-state index is 0.653. The number of rotatable bonds is 1. The number of ether oxygens (including phenoxy) is 1. The van der Waals surface area contributed by atoms with E-state index in [2.05, 4.69) is 10.2 Å². The van der Waals surface area contributed by atoms with Crippen LogP contribution in [0.5, 0.6) is 5.75 Å². The molecule has 1 heterocycles. The highest BCUT2D eigenvalue weighted by atomic mass is 16.5. The molecule has 2 aromatic rings. The summed E-state index contributed by atoms with van der Waals surface area (Å²) in [6.07, 6.45) is 1.69. The van der Waals surface area contributed by atoms with Gasteiger partial charge in [0.25, 0.3) is 0 Å². The van der Waals surface area contributed by atoms with Crippen LogP contribution in [-0.2, 0) is 0 Å². The van der Waals surface area contributed by atoms with Gasteiger partial charge in [-0.1, -0.05) is 32.0 Å². The minimum Gasteiger partial charge on any atom is -0.497 e. The van der Waals surface area contributed by atoms with Crippen molar-refractivity contribution in [2.75, 3.05) is 12.8 Å². The van der Waals surface area contributed by atoms with Gasteiger partial charge in [-0.05, 0) is 19.1 Å². The molecule has 1 aromatic heterocycles. The van der Waals surface area contributed by atoms with Crippen LogP contribution in [0, 0.1) is 6.92 Å². The molecule has 2 rings (SSSR count). The van der Waals surface area contributed by atoms with Crippen molar-refractivity contribution in [3.8, 4) is 5.75 Å². The van der Waals surface area contributed by atoms with E-state index in [-0.39, 0.29) is 0 Å². The monoisotopic (exact) mass is 235 g/mol. The van der Waals surface area contributed by atoms with Crippen LogP contribution in [0.2, 0.25) is 0 Å². The van der Waals surface area contributed by atoms with Crippen molar-refractivity contribution in [3.63, 3.8) is 0 Å². The second-order valence-electron chi connectivity index (χ2n) is 2.98. The molecule has 1 aromatic carbocycles. The Morgan fingerprint density at radius 3 is 2.00 bits per heavy atom. The van der Waals surface area contributed by atoms with Gasteiger partial charge in [-0.15, -0.1) is 0 Å². The highest BCUT2D eigenvalue weighted by molar-refractivity contribution is 5.34. The molecule has 0 aliphatic heterocycles. The number of methoxy groups -OCH3 is 1. The summed E-state index contributed by atoms with van der Waals surface area (Å²) in [5, 5.41) is 6.27. The Balaban J connectivity index is 0.000000265. The van der Waals surface area contributed by atoms with E-state index in [9.17, 15) is 0 Å². The zero-order valence-electron chi connectivity index (χ0n) is 10.9. The van der Waals surface area contributed by atoms with Gasteiger partial charge < -0.3 is 10.5 Å². The van der Waals surface area contributed by atoms with Gasteiger partial charge in [0.05, 0.1) is 13.3 Å². The van der Waals surface area contributed by atoms with Crippen molar-refractivity contribution in [2.45, 2.75) is 20.8 Å². The summed E-state index contributed by atoms with van der Waals surface area (Å²) >= 11 is 0. The quantitative estimate of drug-likeness (QED) is 0.798. The standard InChI is InChI=1S/C7H8O.C4H7N3.C2H6/c1-8-7-5-3-2-4-6-7;1-3-2-6-7-4(3)5;1-2/h2-6H,1H3;2H,1H3,(H3,5,6,7);1-2H3. The maximum atomic E-state index is 5.32. The molecule has 0 aliphatic carbocycles. The van der Waals surface area contributed by atoms with Gasteiger partial charge in [-0.2, -0.15) is 5.10 Å². The molecule has 4 heteroatoms. The number of nitrogens with one attached hydrogen (secondary N) is 1. The lowest BCUT2D eigenvalue weighted by Crippen LogP contribution is -1.85. The molecule has 0 atom stereocenters. The Morgan fingerprint density at radius 2 is 1.76 bits per heavy atom. The minimum atomic E-state index is 0.653. The summed E-state index contributed by atoms with van der Waals surface area (Å²) in [5.74, 6) is 1.56. The van der Waals surface area contributed by atoms with Crippen molar-refractivity contribution in [3.05, 3.63) is 42.1 Å². The summed E-state index contributed by atoms with van der Waals surface area (Å²) in [6.45, 7) is 5.90. The van der Waals surface area contributed by atoms with Gasteiger partial charge >= 0.3 is 0 Å². The fourth-order valence-corrected chi connectivity index (χ4v) is 0.913. The number of nitrogens with two attached hydrogens (primary N) is 1. The van der Waals surface area contributed by atoms with Gasteiger partial charge in [0, 0.05) is 5.56 Å². The van der Waals surface area contributed by atoms with Gasteiger partial charge in [-0.25, -0.2) is 0 Å². The topological polar surface area (TPSA) is 63.9 Å². The van der Waals surface area contributed by atoms with E-state index < -0.39 is 0 Å². The Hall–Kier alpha value is -1.97. The number of aromatic amines is 1. The van der Waals surface area contributed by atoms with Crippen molar-refractivity contribution < 1.29 is 4.74 Å². The molecule has 0 saturated carbocycles. The fraction of sp³-hybridized carbons (Fsp3) is 0.308. The molecular formula is C13H21N3O. The lowest BCUT2D eigenvalue weighted by molar-refractivity contribution is 0.415. The summed E-state index contributed by atoms with van der Waals surface area (Å²) in [7, 11) is 1.66. The van der Waals surface area contributed by atoms with Crippen molar-refractivity contribution in [1.29, 1.82) is 0 Å². The number of nitrogen functional groups attached to an aromatic ring is 1. The average molecular weight is 235 g/mol. The number of H-pyrrole nitrogens is 1. The van der Waals surface area contributed by atoms with Crippen LogP contribution in [0.15, 0.2) is 36.5 Å². The SMILES string of the molecule is CC.COc1ccccc1.Cc1cn[nH]c1N. The number of para-hydroxylation sites is 1. The van der Waals surface area contributed by atoms with Crippen LogP contribution in [0.25, 0.3) is 0 Å². The first-order chi connectivity index (χ1) is 8.24. The molecule has 3 N–H and O–H groups in total. The number of anilines is 1. The predicted octanol–water partition coefficient (Wildman–Crippen LogP) is 3.02. The van der Waals surface area contributed by atoms with E-state index >= 15 is 0 Å². The van der Waals surface area contributed by atoms with Gasteiger partial charge in [0.1, 0.15) is 11.6 Å². The molecule has 0 bridgehead atoms. The van der Waals surface area contributed by atoms with E-state index in [1.54, 1.807) is 13.3 Å². The van der Waals surface area contributed by atoms with Gasteiger partial charge in [-0.3, -0.25) is 5.10 Å². The van der Waals surface area contributed by atoms with Crippen LogP contribution in [0.1, 0.15) is 19.4 Å². The van der Waals surface area contributed by atoms with Crippen molar-refractivity contribution >= 4 is 5.82 Å². The van der Waals surface area contributed by atoms with Crippen LogP contribution >= 0.6 is 0 Å². The number of benzene rings is 1. The molecule has 0 amide bonds. The molecule has 4 nitrogen and oxygen atoms in total. The third-order valence-electron chi connectivity index (χ3n) is 1.85. The molecule has 0 fully saturated rings. The first kappa shape index (κ1) is 15.0. The van der Waals surface area contributed by atoms with Crippen LogP contribution in [0.3, 0.4) is 0 Å². The smallest absolute Gasteiger partial charge is 0.121 e. The molecule has 0 aliphatic rings. The third kappa shape index (κ3) is 6.25. The van der Waals surface area contributed by atoms with Crippen LogP contribution < -0.4 is 10.5 Å². The lowest BCUT2D eigenvalue weighted by atomic mass is 10.3. The van der Waals surface area contributed by atoms with E-state index in [0.717, 1.165) is 11.3 Å². The van der Waals surface area contributed by atoms with E-state index in [1.165, 1.54) is 0 Å². The predicted molar refractivity (Wildman–Crippen MR) is 72.1 cm³/mol. The largest absolute Gasteiger partial charge is 0.497 e. The highest BCUT2D eigenvalue weighted by Gasteiger charge is 1.88. The fourth-order valence-electron chi connectivity index (χ4n) is 0.913. The Labute approximate surface area is 103 Å². The molecule has 0 spiro atoms. The number of aryl methyl sites for hydroxylation is 1. The molecule has 94 valence electrons. The maximum Gasteiger partial charge on any atom is 0.121 e. The van der Waals surface area contributed by atoms with Crippen LogP contribution in [-0.4, -0.2) is 17.3 Å². The lowest BCUT2D eigenvalue weighted by Gasteiger charge is -1.93. The van der Waals surface area contributed by atoms with Crippen molar-refractivity contribution in [2.24, 2.45) is 0 Å². The Kier molecular flexibility index (Phi) is 8.20. The molecule has 0 unspecified atom stereocenters. The molecular weight excluding hydrogens is 214 g/mol. The van der Waals surface area contributed by atoms with Gasteiger partial charge in [0.15, 0.2) is 0 Å². The maximum absolute atomic E-state index is 5.32. The third-order valence-corrected chi connectivity index (χ3v) is 1.85. The summed E-state index contributed by atoms with van der Waals surface area (Å²) in [6, 6.07) is 9.68. The Morgan fingerprint density at radius 1 is 1.18 bits per heavy atom. The number of nitrogens with zero attached hydrogens (tertiary/aromatic N) is 1. The second-order valence-corrected chi connectivity index (χ2v) is 2.98. The average Bonchev–Trinajstić information content (AvgIpc) is 2.78. The summed E-state index contributed by atoms with van der Waals surface area (Å²) in [5.41, 5.74) is 6.32. The summed E-state index contributed by atoms with van der Waals surface area (Å²) in [4.78, 5) is 0. The van der Waals surface area contributed by atoms with E-state index in [0.29, 0.717) is 5.82 Å². The number of hydrogen-bond donors (Lipinski definition) is 2. The normalized spacial score (nSPS) is 8.24. The number of hydrogen-bond acceptors (Lipinski definition) is 3. The van der Waals surface area contributed by atoms with Gasteiger partial charge in [0.2, 0.25) is 0 Å². The zero-order valence-corrected chi connectivity index (χ0v) is 10.9. The summed E-state index contributed by atoms with van der Waals surface area (Å²) < 4.78 is 4.91. The van der Waals surface area contributed by atoms with Crippen LogP contribution in [0.4, 0.5) is 5.82 Å². The second kappa shape index (κ2) is 9.27.